The molecule has 0 saturated carbocycles. The lowest BCUT2D eigenvalue weighted by molar-refractivity contribution is -0.125. The third-order valence-electron chi connectivity index (χ3n) is 2.92. The van der Waals surface area contributed by atoms with E-state index < -0.39 is 11.3 Å². The number of carbonyl (C=O) groups is 1. The number of benzene rings is 1. The van der Waals surface area contributed by atoms with Gasteiger partial charge in [0.05, 0.1) is 12.0 Å². The van der Waals surface area contributed by atoms with E-state index >= 15 is 0 Å². The van der Waals surface area contributed by atoms with E-state index in [1.807, 2.05) is 18.2 Å². The molecule has 0 aliphatic rings. The van der Waals surface area contributed by atoms with Crippen molar-refractivity contribution in [2.24, 2.45) is 21.9 Å². The second-order valence-electron chi connectivity index (χ2n) is 5.13. The molecule has 0 heterocycles. The Bertz CT molecular complexity index is 486. The number of nitrogens with zero attached hydrogens (tertiary/aromatic N) is 1. The Morgan fingerprint density at radius 3 is 2.55 bits per heavy atom. The largest absolute Gasteiger partial charge is 0.370 e. The van der Waals surface area contributed by atoms with Gasteiger partial charge in [0.1, 0.15) is 0 Å². The van der Waals surface area contributed by atoms with Crippen molar-refractivity contribution >= 4 is 41.5 Å². The summed E-state index contributed by atoms with van der Waals surface area (Å²) in [5.41, 5.74) is 12.5. The van der Waals surface area contributed by atoms with Gasteiger partial charge in [-0.25, -0.2) is 0 Å². The van der Waals surface area contributed by atoms with Crippen molar-refractivity contribution < 1.29 is 4.79 Å². The molecule has 0 aromatic heterocycles. The predicted molar refractivity (Wildman–Crippen MR) is 94.3 cm³/mol. The molecule has 0 saturated heterocycles. The molecule has 1 amide bonds. The van der Waals surface area contributed by atoms with E-state index in [9.17, 15) is 4.79 Å². The molecule has 0 aliphatic heterocycles. The first-order valence-corrected chi connectivity index (χ1v) is 6.31. The maximum absolute atomic E-state index is 11.2. The van der Waals surface area contributed by atoms with E-state index in [1.165, 1.54) is 5.56 Å². The number of halogens is 1. The number of amides is 1. The second kappa shape index (κ2) is 8.08. The van der Waals surface area contributed by atoms with Gasteiger partial charge in [0, 0.05) is 5.69 Å². The molecule has 1 rings (SSSR count). The SMILES string of the molecule is CCc1cccc(NC(N)=NCC(C)(C)C(N)=O)c1.I. The molecule has 1 aromatic rings. The molecule has 0 bridgehead atoms. The van der Waals surface area contributed by atoms with Crippen LogP contribution in [0.15, 0.2) is 29.3 Å². The van der Waals surface area contributed by atoms with Crippen molar-refractivity contribution in [3.8, 4) is 0 Å². The number of anilines is 1. The molecule has 0 spiro atoms. The Kier molecular flexibility index (Phi) is 7.55. The smallest absolute Gasteiger partial charge is 0.224 e. The van der Waals surface area contributed by atoms with Crippen LogP contribution in [0.5, 0.6) is 0 Å². The highest BCUT2D eigenvalue weighted by Gasteiger charge is 2.24. The van der Waals surface area contributed by atoms with Crippen LogP contribution in [0.1, 0.15) is 26.3 Å². The molecular weight excluding hydrogens is 367 g/mol. The summed E-state index contributed by atoms with van der Waals surface area (Å²) in [5, 5.41) is 3.00. The summed E-state index contributed by atoms with van der Waals surface area (Å²) >= 11 is 0. The standard InChI is InChI=1S/C14H22N4O.HI/c1-4-10-6-5-7-11(8-10)18-13(16)17-9-14(2,3)12(15)19;/h5-8H,4,9H2,1-3H3,(H2,15,19)(H3,16,17,18);1H. The third kappa shape index (κ3) is 5.77. The number of hydrogen-bond acceptors (Lipinski definition) is 2. The summed E-state index contributed by atoms with van der Waals surface area (Å²) < 4.78 is 0. The first-order chi connectivity index (χ1) is 8.85. The van der Waals surface area contributed by atoms with Crippen molar-refractivity contribution in [2.45, 2.75) is 27.2 Å². The first kappa shape index (κ1) is 18.7. The Morgan fingerprint density at radius 2 is 2.00 bits per heavy atom. The Labute approximate surface area is 137 Å². The van der Waals surface area contributed by atoms with Crippen LogP contribution >= 0.6 is 24.0 Å². The van der Waals surface area contributed by atoms with Crippen molar-refractivity contribution in [1.82, 2.24) is 0 Å². The Balaban J connectivity index is 0.00000361. The summed E-state index contributed by atoms with van der Waals surface area (Å²) in [7, 11) is 0. The summed E-state index contributed by atoms with van der Waals surface area (Å²) in [5.74, 6) is -0.111. The molecule has 0 aliphatic carbocycles. The van der Waals surface area contributed by atoms with Gasteiger partial charge in [0.2, 0.25) is 5.91 Å². The number of carbonyl (C=O) groups excluding carboxylic acids is 1. The van der Waals surface area contributed by atoms with Gasteiger partial charge >= 0.3 is 0 Å². The lowest BCUT2D eigenvalue weighted by Gasteiger charge is -2.17. The zero-order valence-corrected chi connectivity index (χ0v) is 14.5. The van der Waals surface area contributed by atoms with Crippen LogP contribution in [0.2, 0.25) is 0 Å². The average molecular weight is 390 g/mol. The van der Waals surface area contributed by atoms with E-state index in [-0.39, 0.29) is 36.5 Å². The Hall–Kier alpha value is -1.31. The van der Waals surface area contributed by atoms with E-state index in [4.69, 9.17) is 11.5 Å². The summed E-state index contributed by atoms with van der Waals surface area (Å²) in [6.45, 7) is 5.83. The minimum atomic E-state index is -0.697. The number of guanidine groups is 1. The average Bonchev–Trinajstić information content (AvgIpc) is 2.36. The second-order valence-corrected chi connectivity index (χ2v) is 5.13. The summed E-state index contributed by atoms with van der Waals surface area (Å²) in [6.07, 6.45) is 0.960. The molecule has 5 nitrogen and oxygen atoms in total. The zero-order chi connectivity index (χ0) is 14.5. The van der Waals surface area contributed by atoms with Crippen LogP contribution in [-0.2, 0) is 11.2 Å². The van der Waals surface area contributed by atoms with Crippen LogP contribution in [0.3, 0.4) is 0 Å². The van der Waals surface area contributed by atoms with E-state index in [0.29, 0.717) is 0 Å². The summed E-state index contributed by atoms with van der Waals surface area (Å²) in [6, 6.07) is 7.94. The van der Waals surface area contributed by atoms with Crippen molar-refractivity contribution in [3.63, 3.8) is 0 Å². The molecule has 1 aromatic carbocycles. The predicted octanol–water partition coefficient (Wildman–Crippen LogP) is 2.11. The lowest BCUT2D eigenvalue weighted by atomic mass is 9.93. The number of aliphatic imine (C=N–C) groups is 1. The molecule has 6 heteroatoms. The fourth-order valence-corrected chi connectivity index (χ4v) is 1.42. The first-order valence-electron chi connectivity index (χ1n) is 6.31. The molecule has 0 radical (unpaired) electrons. The van der Waals surface area contributed by atoms with Crippen molar-refractivity contribution in [2.75, 3.05) is 11.9 Å². The fourth-order valence-electron chi connectivity index (χ4n) is 1.42. The number of nitrogens with one attached hydrogen (secondary N) is 1. The van der Waals surface area contributed by atoms with Crippen LogP contribution < -0.4 is 16.8 Å². The molecule has 5 N–H and O–H groups in total. The Morgan fingerprint density at radius 1 is 1.35 bits per heavy atom. The lowest BCUT2D eigenvalue weighted by Crippen LogP contribution is -2.35. The van der Waals surface area contributed by atoms with Crippen LogP contribution in [-0.4, -0.2) is 18.4 Å². The van der Waals surface area contributed by atoms with Crippen molar-refractivity contribution in [3.05, 3.63) is 29.8 Å². The highest BCUT2D eigenvalue weighted by molar-refractivity contribution is 14.0. The van der Waals surface area contributed by atoms with Gasteiger partial charge in [-0.2, -0.15) is 0 Å². The van der Waals surface area contributed by atoms with Gasteiger partial charge in [-0.3, -0.25) is 9.79 Å². The van der Waals surface area contributed by atoms with E-state index in [0.717, 1.165) is 12.1 Å². The zero-order valence-electron chi connectivity index (χ0n) is 12.1. The number of rotatable bonds is 5. The molecular formula is C14H23IN4O. The number of hydrogen-bond donors (Lipinski definition) is 3. The van der Waals surface area contributed by atoms with Gasteiger partial charge in [0.15, 0.2) is 5.96 Å². The van der Waals surface area contributed by atoms with Gasteiger partial charge in [0.25, 0.3) is 0 Å². The topological polar surface area (TPSA) is 93.5 Å². The summed E-state index contributed by atoms with van der Waals surface area (Å²) in [4.78, 5) is 15.3. The normalized spacial score (nSPS) is 11.7. The number of primary amides is 1. The van der Waals surface area contributed by atoms with Crippen molar-refractivity contribution in [1.29, 1.82) is 0 Å². The van der Waals surface area contributed by atoms with Crippen LogP contribution in [0.4, 0.5) is 5.69 Å². The quantitative estimate of drug-likeness (QED) is 0.408. The van der Waals surface area contributed by atoms with Gasteiger partial charge in [-0.1, -0.05) is 19.1 Å². The van der Waals surface area contributed by atoms with Gasteiger partial charge in [-0.05, 0) is 38.0 Å². The minimum absolute atomic E-state index is 0. The fraction of sp³-hybridized carbons (Fsp3) is 0.429. The van der Waals surface area contributed by atoms with Crippen LogP contribution in [0, 0.1) is 5.41 Å². The molecule has 0 atom stereocenters. The highest BCUT2D eigenvalue weighted by Crippen LogP contribution is 2.14. The van der Waals surface area contributed by atoms with Gasteiger partial charge < -0.3 is 16.8 Å². The van der Waals surface area contributed by atoms with Gasteiger partial charge in [-0.15, -0.1) is 24.0 Å². The van der Waals surface area contributed by atoms with E-state index in [2.05, 4.69) is 23.3 Å². The molecule has 0 unspecified atom stereocenters. The number of nitrogens with two attached hydrogens (primary N) is 2. The third-order valence-corrected chi connectivity index (χ3v) is 2.92. The minimum Gasteiger partial charge on any atom is -0.370 e. The maximum atomic E-state index is 11.2. The maximum Gasteiger partial charge on any atom is 0.224 e. The number of aryl methyl sites for hydroxylation is 1. The van der Waals surface area contributed by atoms with Crippen LogP contribution in [0.25, 0.3) is 0 Å². The molecule has 20 heavy (non-hydrogen) atoms. The highest BCUT2D eigenvalue weighted by atomic mass is 127. The molecule has 0 fully saturated rings. The van der Waals surface area contributed by atoms with E-state index in [1.54, 1.807) is 13.8 Å². The monoisotopic (exact) mass is 390 g/mol. The molecule has 112 valence electrons.